The minimum atomic E-state index is -0.375. The van der Waals surface area contributed by atoms with Gasteiger partial charge < -0.3 is 4.42 Å². The van der Waals surface area contributed by atoms with Crippen LogP contribution in [0, 0.1) is 0 Å². The normalized spacial score (nSPS) is 12.7. The number of hydrogen-bond donors (Lipinski definition) is 0. The highest BCUT2D eigenvalue weighted by Gasteiger charge is 2.33. The number of azide groups is 1. The standard InChI is InChI=1S/C12H5N3O3/c13-15-14-9-5-8-10(16)6-3-1-2-4-7(6)11(17)12(8)18-9/h1-5H. The van der Waals surface area contributed by atoms with Crippen molar-refractivity contribution in [1.29, 1.82) is 0 Å². The van der Waals surface area contributed by atoms with Crippen molar-refractivity contribution in [3.63, 3.8) is 0 Å². The van der Waals surface area contributed by atoms with Crippen LogP contribution in [0.5, 0.6) is 0 Å². The maximum atomic E-state index is 12.1. The lowest BCUT2D eigenvalue weighted by Gasteiger charge is -2.11. The van der Waals surface area contributed by atoms with Crippen LogP contribution in [-0.2, 0) is 0 Å². The molecule has 0 atom stereocenters. The highest BCUT2D eigenvalue weighted by Crippen LogP contribution is 2.32. The predicted molar refractivity (Wildman–Crippen MR) is 60.8 cm³/mol. The van der Waals surface area contributed by atoms with Gasteiger partial charge in [-0.15, -0.1) is 0 Å². The van der Waals surface area contributed by atoms with Gasteiger partial charge in [-0.3, -0.25) is 9.59 Å². The maximum absolute atomic E-state index is 12.1. The number of furan rings is 1. The van der Waals surface area contributed by atoms with Crippen LogP contribution in [0.25, 0.3) is 10.4 Å². The van der Waals surface area contributed by atoms with Gasteiger partial charge in [-0.05, 0) is 16.7 Å². The van der Waals surface area contributed by atoms with Crippen LogP contribution < -0.4 is 0 Å². The molecule has 6 heteroatoms. The number of nitrogens with zero attached hydrogens (tertiary/aromatic N) is 3. The third-order valence-electron chi connectivity index (χ3n) is 2.73. The molecular formula is C12H5N3O3. The first-order valence-electron chi connectivity index (χ1n) is 5.09. The highest BCUT2D eigenvalue weighted by molar-refractivity contribution is 6.27. The smallest absolute Gasteiger partial charge is 0.229 e. The van der Waals surface area contributed by atoms with E-state index in [-0.39, 0.29) is 28.8 Å². The molecule has 0 bridgehead atoms. The minimum Gasteiger partial charge on any atom is -0.450 e. The summed E-state index contributed by atoms with van der Waals surface area (Å²) < 4.78 is 5.10. The number of benzene rings is 1. The van der Waals surface area contributed by atoms with Crippen molar-refractivity contribution in [3.05, 3.63) is 63.2 Å². The Morgan fingerprint density at radius 3 is 2.39 bits per heavy atom. The molecule has 0 saturated carbocycles. The van der Waals surface area contributed by atoms with Crippen molar-refractivity contribution in [2.24, 2.45) is 5.11 Å². The Hall–Kier alpha value is -2.85. The molecule has 18 heavy (non-hydrogen) atoms. The fraction of sp³-hybridized carbons (Fsp3) is 0. The summed E-state index contributed by atoms with van der Waals surface area (Å²) in [5.41, 5.74) is 9.09. The van der Waals surface area contributed by atoms with Gasteiger partial charge in [0.1, 0.15) is 0 Å². The zero-order chi connectivity index (χ0) is 12.7. The third-order valence-corrected chi connectivity index (χ3v) is 2.73. The molecule has 0 fully saturated rings. The number of hydrogen-bond acceptors (Lipinski definition) is 4. The second-order valence-corrected chi connectivity index (χ2v) is 3.72. The molecule has 0 saturated heterocycles. The molecule has 1 aromatic heterocycles. The summed E-state index contributed by atoms with van der Waals surface area (Å²) >= 11 is 0. The summed E-state index contributed by atoms with van der Waals surface area (Å²) in [5, 5.41) is 3.25. The molecule has 0 aliphatic heterocycles. The quantitative estimate of drug-likeness (QED) is 0.371. The summed E-state index contributed by atoms with van der Waals surface area (Å²) in [6.45, 7) is 0. The Morgan fingerprint density at radius 1 is 1.06 bits per heavy atom. The lowest BCUT2D eigenvalue weighted by atomic mass is 9.89. The predicted octanol–water partition coefficient (Wildman–Crippen LogP) is 3.00. The monoisotopic (exact) mass is 239 g/mol. The van der Waals surface area contributed by atoms with Crippen LogP contribution in [0.4, 0.5) is 5.88 Å². The molecule has 0 radical (unpaired) electrons. The molecule has 1 aliphatic carbocycles. The Bertz CT molecular complexity index is 686. The molecule has 0 amide bonds. The molecule has 0 N–H and O–H groups in total. The molecule has 86 valence electrons. The van der Waals surface area contributed by atoms with E-state index in [0.717, 1.165) is 0 Å². The second kappa shape index (κ2) is 3.58. The van der Waals surface area contributed by atoms with Gasteiger partial charge in [0.2, 0.25) is 5.78 Å². The molecule has 1 heterocycles. The first kappa shape index (κ1) is 10.3. The molecule has 3 rings (SSSR count). The lowest BCUT2D eigenvalue weighted by Crippen LogP contribution is -2.18. The number of carbonyl (C=O) groups is 2. The Labute approximate surface area is 100 Å². The first-order valence-corrected chi connectivity index (χ1v) is 5.09. The zero-order valence-corrected chi connectivity index (χ0v) is 8.95. The fourth-order valence-electron chi connectivity index (χ4n) is 1.96. The lowest BCUT2D eigenvalue weighted by molar-refractivity contribution is 0.0961. The number of carbonyl (C=O) groups excluding carboxylic acids is 2. The average molecular weight is 239 g/mol. The van der Waals surface area contributed by atoms with E-state index in [1.165, 1.54) is 6.07 Å². The van der Waals surface area contributed by atoms with Crippen LogP contribution in [0.15, 0.2) is 39.9 Å². The van der Waals surface area contributed by atoms with Gasteiger partial charge in [0.15, 0.2) is 17.4 Å². The molecule has 2 aromatic rings. The number of rotatable bonds is 1. The van der Waals surface area contributed by atoms with Crippen molar-refractivity contribution in [3.8, 4) is 0 Å². The maximum Gasteiger partial charge on any atom is 0.229 e. The summed E-state index contributed by atoms with van der Waals surface area (Å²) in [5.74, 6) is -0.832. The molecule has 1 aliphatic rings. The van der Waals surface area contributed by atoms with Gasteiger partial charge in [0.25, 0.3) is 0 Å². The van der Waals surface area contributed by atoms with E-state index in [1.807, 2.05) is 0 Å². The van der Waals surface area contributed by atoms with Crippen molar-refractivity contribution >= 4 is 17.5 Å². The van der Waals surface area contributed by atoms with Crippen LogP contribution in [-0.4, -0.2) is 11.6 Å². The minimum absolute atomic E-state index is 0.0684. The van der Waals surface area contributed by atoms with E-state index in [0.29, 0.717) is 11.1 Å². The van der Waals surface area contributed by atoms with E-state index < -0.39 is 0 Å². The zero-order valence-electron chi connectivity index (χ0n) is 8.95. The molecular weight excluding hydrogens is 234 g/mol. The Balaban J connectivity index is 2.27. The van der Waals surface area contributed by atoms with E-state index in [9.17, 15) is 9.59 Å². The van der Waals surface area contributed by atoms with Gasteiger partial charge in [-0.2, -0.15) is 0 Å². The molecule has 0 unspecified atom stereocenters. The van der Waals surface area contributed by atoms with E-state index in [4.69, 9.17) is 9.95 Å². The van der Waals surface area contributed by atoms with Gasteiger partial charge in [0.05, 0.1) is 5.56 Å². The number of fused-ring (bicyclic) bond motifs is 2. The van der Waals surface area contributed by atoms with Crippen LogP contribution in [0.3, 0.4) is 0 Å². The SMILES string of the molecule is [N-]=[N+]=Nc1cc2c(o1)C(=O)c1ccccc1C2=O. The summed E-state index contributed by atoms with van der Waals surface area (Å²) in [4.78, 5) is 26.8. The fourth-order valence-corrected chi connectivity index (χ4v) is 1.96. The average Bonchev–Trinajstić information content (AvgIpc) is 2.81. The largest absolute Gasteiger partial charge is 0.450 e. The molecule has 6 nitrogen and oxygen atoms in total. The van der Waals surface area contributed by atoms with Crippen LogP contribution in [0.2, 0.25) is 0 Å². The van der Waals surface area contributed by atoms with Gasteiger partial charge >= 0.3 is 0 Å². The summed E-state index contributed by atoms with van der Waals surface area (Å²) in [6, 6.07) is 7.79. The van der Waals surface area contributed by atoms with Crippen LogP contribution >= 0.6 is 0 Å². The van der Waals surface area contributed by atoms with Crippen molar-refractivity contribution in [2.75, 3.05) is 0 Å². The van der Waals surface area contributed by atoms with Crippen molar-refractivity contribution in [2.45, 2.75) is 0 Å². The summed E-state index contributed by atoms with van der Waals surface area (Å²) in [7, 11) is 0. The Kier molecular flexibility index (Phi) is 2.05. The number of ketones is 2. The van der Waals surface area contributed by atoms with E-state index in [2.05, 4.69) is 10.0 Å². The van der Waals surface area contributed by atoms with Gasteiger partial charge in [0, 0.05) is 16.0 Å². The van der Waals surface area contributed by atoms with Crippen molar-refractivity contribution < 1.29 is 14.0 Å². The van der Waals surface area contributed by atoms with Gasteiger partial charge in [-0.25, -0.2) is 0 Å². The highest BCUT2D eigenvalue weighted by atomic mass is 16.4. The Morgan fingerprint density at radius 2 is 1.72 bits per heavy atom. The van der Waals surface area contributed by atoms with Gasteiger partial charge in [-0.1, -0.05) is 24.3 Å². The van der Waals surface area contributed by atoms with E-state index >= 15 is 0 Å². The molecule has 1 aromatic carbocycles. The second-order valence-electron chi connectivity index (χ2n) is 3.72. The van der Waals surface area contributed by atoms with Crippen LogP contribution in [0.1, 0.15) is 32.0 Å². The van der Waals surface area contributed by atoms with E-state index in [1.54, 1.807) is 24.3 Å². The first-order chi connectivity index (χ1) is 8.72. The molecule has 0 spiro atoms. The van der Waals surface area contributed by atoms with Crippen molar-refractivity contribution in [1.82, 2.24) is 0 Å². The topological polar surface area (TPSA) is 96.0 Å². The third kappa shape index (κ3) is 1.27. The summed E-state index contributed by atoms with van der Waals surface area (Å²) in [6.07, 6.45) is 0.